The average molecular weight is 301 g/mol. The van der Waals surface area contributed by atoms with Crippen molar-refractivity contribution >= 4 is 25.8 Å². The van der Waals surface area contributed by atoms with Crippen LogP contribution in [-0.4, -0.2) is 23.2 Å². The van der Waals surface area contributed by atoms with E-state index in [4.69, 9.17) is 23.2 Å². The summed E-state index contributed by atoms with van der Waals surface area (Å²) in [5.74, 6) is 9.00. The van der Waals surface area contributed by atoms with E-state index in [9.17, 15) is 14.2 Å². The van der Waals surface area contributed by atoms with Gasteiger partial charge in [-0.25, -0.2) is 31.3 Å². The molecule has 0 fully saturated rings. The highest BCUT2D eigenvalue weighted by Crippen LogP contribution is 2.49. The number of guanidine groups is 1. The first-order valence-corrected chi connectivity index (χ1v) is 5.53. The standard InChI is InChI=1S/C3H12N9O6P/c4-1(5)10-16-19(15,17-11-2(6)13)18-12(8)3(14)9-7/h7-8H2,(H,9,14)(H4,4,5,10)(H3,6,11,13). The number of hydroxylamine groups is 2. The Morgan fingerprint density at radius 1 is 1.26 bits per heavy atom. The van der Waals surface area contributed by atoms with Crippen LogP contribution in [0.3, 0.4) is 0 Å². The molecule has 0 aliphatic carbocycles. The summed E-state index contributed by atoms with van der Waals surface area (Å²) in [5, 5.41) is 2.67. The number of carbonyl (C=O) groups excluding carboxylic acids is 2. The maximum absolute atomic E-state index is 11.8. The summed E-state index contributed by atoms with van der Waals surface area (Å²) in [6.07, 6.45) is 0. The van der Waals surface area contributed by atoms with Crippen molar-refractivity contribution in [3.05, 3.63) is 0 Å². The summed E-state index contributed by atoms with van der Waals surface area (Å²) in [6.45, 7) is 0. The van der Waals surface area contributed by atoms with E-state index < -0.39 is 25.8 Å². The van der Waals surface area contributed by atoms with E-state index in [0.29, 0.717) is 0 Å². The minimum absolute atomic E-state index is 0.161. The number of hydrogen-bond acceptors (Lipinski definition) is 9. The van der Waals surface area contributed by atoms with Crippen molar-refractivity contribution in [1.29, 1.82) is 0 Å². The van der Waals surface area contributed by atoms with Crippen LogP contribution in [0.1, 0.15) is 0 Å². The summed E-state index contributed by atoms with van der Waals surface area (Å²) in [6, 6.07) is -2.50. The zero-order valence-corrected chi connectivity index (χ0v) is 10.1. The van der Waals surface area contributed by atoms with Crippen molar-refractivity contribution in [3.8, 4) is 0 Å². The van der Waals surface area contributed by atoms with E-state index in [1.165, 1.54) is 10.9 Å². The number of rotatable bonds is 6. The largest absolute Gasteiger partial charge is 0.596 e. The molecule has 16 heteroatoms. The fourth-order valence-electron chi connectivity index (χ4n) is 0.455. The van der Waals surface area contributed by atoms with E-state index >= 15 is 0 Å². The van der Waals surface area contributed by atoms with Crippen LogP contribution in [0.2, 0.25) is 0 Å². The summed E-state index contributed by atoms with van der Waals surface area (Å²) >= 11 is 0. The Hall–Kier alpha value is -2.32. The molecule has 0 spiro atoms. The molecule has 0 aromatic heterocycles. The van der Waals surface area contributed by atoms with Crippen molar-refractivity contribution in [2.75, 3.05) is 0 Å². The first-order valence-electron chi connectivity index (χ1n) is 4.07. The molecular weight excluding hydrogens is 289 g/mol. The lowest BCUT2D eigenvalue weighted by Crippen LogP contribution is -2.47. The molecule has 0 saturated heterocycles. The third-order valence-corrected chi connectivity index (χ3v) is 1.99. The van der Waals surface area contributed by atoms with Crippen molar-refractivity contribution in [3.63, 3.8) is 0 Å². The van der Waals surface area contributed by atoms with Gasteiger partial charge in [-0.05, 0) is 5.16 Å². The van der Waals surface area contributed by atoms with Gasteiger partial charge in [-0.1, -0.05) is 0 Å². The van der Waals surface area contributed by atoms with Crippen LogP contribution in [0.5, 0.6) is 0 Å². The number of primary amides is 1. The molecule has 0 aromatic rings. The van der Waals surface area contributed by atoms with Crippen LogP contribution in [0, 0.1) is 0 Å². The van der Waals surface area contributed by atoms with Crippen molar-refractivity contribution in [1.82, 2.24) is 16.1 Å². The number of nitrogens with one attached hydrogen (secondary N) is 2. The number of amides is 4. The molecule has 1 atom stereocenters. The summed E-state index contributed by atoms with van der Waals surface area (Å²) < 4.78 is 24.3. The number of nitrogens with two attached hydrogens (primary N) is 5. The number of oxime groups is 1. The fraction of sp³-hybridized carbons (Fsp3) is 0. The molecule has 0 aliphatic rings. The van der Waals surface area contributed by atoms with E-state index in [2.05, 4.69) is 24.8 Å². The van der Waals surface area contributed by atoms with Crippen molar-refractivity contribution < 1.29 is 28.0 Å². The van der Waals surface area contributed by atoms with Crippen molar-refractivity contribution in [2.45, 2.75) is 0 Å². The molecule has 0 aromatic carbocycles. The van der Waals surface area contributed by atoms with Crippen LogP contribution >= 0.6 is 7.82 Å². The first kappa shape index (κ1) is 16.7. The molecule has 15 nitrogen and oxygen atoms in total. The van der Waals surface area contributed by atoms with Gasteiger partial charge < -0.3 is 17.2 Å². The lowest BCUT2D eigenvalue weighted by molar-refractivity contribution is -0.0612. The third-order valence-electron chi connectivity index (χ3n) is 1.02. The van der Waals surface area contributed by atoms with Gasteiger partial charge in [-0.2, -0.15) is 4.62 Å². The highest BCUT2D eigenvalue weighted by atomic mass is 31.2. The Labute approximate surface area is 105 Å². The Kier molecular flexibility index (Phi) is 6.31. The van der Waals surface area contributed by atoms with Crippen LogP contribution < -0.4 is 39.8 Å². The van der Waals surface area contributed by atoms with Gasteiger partial charge in [-0.15, -0.1) is 9.80 Å². The number of phosphoric acid groups is 1. The Morgan fingerprint density at radius 3 is 2.26 bits per heavy atom. The molecule has 0 heterocycles. The van der Waals surface area contributed by atoms with Gasteiger partial charge in [-0.3, -0.25) is 10.1 Å². The topological polar surface area (TPSA) is 249 Å². The Morgan fingerprint density at radius 2 is 1.84 bits per heavy atom. The average Bonchev–Trinajstić information content (AvgIpc) is 2.33. The summed E-state index contributed by atoms with van der Waals surface area (Å²) in [5.41, 5.74) is 17.3. The highest BCUT2D eigenvalue weighted by molar-refractivity contribution is 7.48. The van der Waals surface area contributed by atoms with Gasteiger partial charge >= 0.3 is 19.9 Å². The molecule has 0 bridgehead atoms. The van der Waals surface area contributed by atoms with Gasteiger partial charge in [0.15, 0.2) is 0 Å². The zero-order valence-electron chi connectivity index (χ0n) is 9.18. The van der Waals surface area contributed by atoms with E-state index in [1.54, 1.807) is 0 Å². The van der Waals surface area contributed by atoms with Crippen molar-refractivity contribution in [2.24, 2.45) is 34.0 Å². The summed E-state index contributed by atoms with van der Waals surface area (Å²) in [4.78, 5) is 21.3. The van der Waals surface area contributed by atoms with Gasteiger partial charge in [0.25, 0.3) is 0 Å². The summed E-state index contributed by atoms with van der Waals surface area (Å²) in [7, 11) is -4.73. The smallest absolute Gasteiger partial charge is 0.367 e. The lowest BCUT2D eigenvalue weighted by Gasteiger charge is -2.19. The van der Waals surface area contributed by atoms with Crippen LogP contribution in [0.4, 0.5) is 9.59 Å². The van der Waals surface area contributed by atoms with Crippen LogP contribution in [0.15, 0.2) is 5.16 Å². The normalized spacial score (nSPS) is 12.7. The molecule has 110 valence electrons. The van der Waals surface area contributed by atoms with Gasteiger partial charge in [0.1, 0.15) is 0 Å². The predicted octanol–water partition coefficient (Wildman–Crippen LogP) is -3.41. The second-order valence-electron chi connectivity index (χ2n) is 2.46. The molecular formula is C3H12N9O6P. The van der Waals surface area contributed by atoms with E-state index in [0.717, 1.165) is 0 Å². The monoisotopic (exact) mass is 301 g/mol. The van der Waals surface area contributed by atoms with Crippen LogP contribution in [0.25, 0.3) is 0 Å². The fourth-order valence-corrected chi connectivity index (χ4v) is 1.24. The van der Waals surface area contributed by atoms with Gasteiger partial charge in [0, 0.05) is 0 Å². The minimum atomic E-state index is -4.73. The lowest BCUT2D eigenvalue weighted by atomic mass is 11.1. The number of urea groups is 2. The molecule has 1 unspecified atom stereocenters. The molecule has 0 rings (SSSR count). The second kappa shape index (κ2) is 7.19. The predicted molar refractivity (Wildman–Crippen MR) is 58.1 cm³/mol. The molecule has 0 radical (unpaired) electrons. The quantitative estimate of drug-likeness (QED) is 0.0638. The zero-order chi connectivity index (χ0) is 15.1. The molecule has 12 N–H and O–H groups in total. The Balaban J connectivity index is 4.83. The maximum atomic E-state index is 11.8. The van der Waals surface area contributed by atoms with Crippen LogP contribution in [-0.2, 0) is 18.4 Å². The van der Waals surface area contributed by atoms with E-state index in [1.807, 2.05) is 0 Å². The Bertz CT molecular complexity index is 407. The number of nitrogens with zero attached hydrogens (tertiary/aromatic N) is 2. The SMILES string of the molecule is NNC(=O)N(N)OP(=O)(ON=C(N)N)ONC(N)=O. The number of hydrogen-bond donors (Lipinski definition) is 7. The van der Waals surface area contributed by atoms with Gasteiger partial charge in [0.05, 0.1) is 0 Å². The molecule has 0 saturated carbocycles. The molecule has 0 aliphatic heterocycles. The maximum Gasteiger partial charge on any atom is 0.596 e. The second-order valence-corrected chi connectivity index (χ2v) is 3.86. The molecule has 19 heavy (non-hydrogen) atoms. The first-order chi connectivity index (χ1) is 8.70. The van der Waals surface area contributed by atoms with E-state index in [-0.39, 0.29) is 5.17 Å². The number of hydrazine groups is 2. The number of carbonyl (C=O) groups is 2. The minimum Gasteiger partial charge on any atom is -0.367 e. The third kappa shape index (κ3) is 6.86. The molecule has 4 amide bonds. The highest BCUT2D eigenvalue weighted by Gasteiger charge is 2.35. The van der Waals surface area contributed by atoms with Gasteiger partial charge in [0.2, 0.25) is 5.96 Å².